The van der Waals surface area contributed by atoms with Crippen molar-refractivity contribution in [3.63, 3.8) is 0 Å². The molecule has 2 aliphatic heterocycles. The average Bonchev–Trinajstić information content (AvgIpc) is 2.96. The van der Waals surface area contributed by atoms with Gasteiger partial charge in [0, 0.05) is 30.5 Å². The first-order chi connectivity index (χ1) is 10.4. The van der Waals surface area contributed by atoms with Crippen LogP contribution in [0.4, 0.5) is 4.79 Å². The number of likely N-dealkylation sites (tertiary alicyclic amines) is 2. The van der Waals surface area contributed by atoms with Crippen LogP contribution >= 0.6 is 0 Å². The lowest BCUT2D eigenvalue weighted by Crippen LogP contribution is -3.09. The largest absolute Gasteiger partial charge is 0.444 e. The van der Waals surface area contributed by atoms with E-state index < -0.39 is 5.60 Å². The summed E-state index contributed by atoms with van der Waals surface area (Å²) in [6, 6.07) is 10.7. The highest BCUT2D eigenvalue weighted by Gasteiger charge is 2.45. The first kappa shape index (κ1) is 15.3. The molecule has 0 spiro atoms. The van der Waals surface area contributed by atoms with Crippen molar-refractivity contribution in [1.82, 2.24) is 4.90 Å². The van der Waals surface area contributed by atoms with Gasteiger partial charge in [0.15, 0.2) is 0 Å². The number of hydrogen-bond acceptors (Lipinski definition) is 2. The quantitative estimate of drug-likeness (QED) is 0.900. The minimum atomic E-state index is -0.403. The number of nitrogens with one attached hydrogen (secondary N) is 1. The molecule has 1 aromatic carbocycles. The zero-order valence-corrected chi connectivity index (χ0v) is 13.8. The number of rotatable bonds is 2. The van der Waals surface area contributed by atoms with Crippen molar-refractivity contribution in [2.45, 2.75) is 32.9 Å². The number of fused-ring (bicyclic) bond motifs is 1. The van der Waals surface area contributed by atoms with Crippen molar-refractivity contribution >= 4 is 6.09 Å². The molecule has 0 aromatic heterocycles. The summed E-state index contributed by atoms with van der Waals surface area (Å²) in [7, 11) is 0. The zero-order valence-electron chi connectivity index (χ0n) is 13.8. The van der Waals surface area contributed by atoms with Crippen molar-refractivity contribution in [3.8, 4) is 0 Å². The van der Waals surface area contributed by atoms with Crippen molar-refractivity contribution in [2.75, 3.05) is 26.2 Å². The Morgan fingerprint density at radius 1 is 1.18 bits per heavy atom. The second-order valence-electron chi connectivity index (χ2n) is 7.73. The molecular formula is C18H27N2O2+. The van der Waals surface area contributed by atoms with E-state index in [-0.39, 0.29) is 6.09 Å². The summed E-state index contributed by atoms with van der Waals surface area (Å²) in [5, 5.41) is 0. The van der Waals surface area contributed by atoms with Crippen LogP contribution < -0.4 is 4.90 Å². The molecule has 4 nitrogen and oxygen atoms in total. The Balaban J connectivity index is 1.51. The Hall–Kier alpha value is -1.55. The Morgan fingerprint density at radius 2 is 1.77 bits per heavy atom. The Bertz CT molecular complexity index is 510. The van der Waals surface area contributed by atoms with Crippen LogP contribution in [0, 0.1) is 11.8 Å². The van der Waals surface area contributed by atoms with E-state index in [0.29, 0.717) is 11.8 Å². The fraction of sp³-hybridized carbons (Fsp3) is 0.611. The van der Waals surface area contributed by atoms with Crippen molar-refractivity contribution in [1.29, 1.82) is 0 Å². The van der Waals surface area contributed by atoms with Gasteiger partial charge in [0.2, 0.25) is 0 Å². The maximum Gasteiger partial charge on any atom is 0.410 e. The van der Waals surface area contributed by atoms with Gasteiger partial charge in [0.1, 0.15) is 12.1 Å². The number of carbonyl (C=O) groups is 1. The standard InChI is InChI=1S/C18H26N2O2/c1-18(2,3)22-17(21)20-12-15-10-19(11-16(15)13-20)9-14-7-5-4-6-8-14/h4-8,15-16H,9-13H2,1-3H3/p+1/t15-,16-/m1/s1. The van der Waals surface area contributed by atoms with Gasteiger partial charge in [-0.05, 0) is 20.8 Å². The van der Waals surface area contributed by atoms with E-state index in [4.69, 9.17) is 4.74 Å². The van der Waals surface area contributed by atoms with Crippen molar-refractivity contribution in [3.05, 3.63) is 35.9 Å². The Morgan fingerprint density at radius 3 is 2.32 bits per heavy atom. The molecule has 0 saturated carbocycles. The monoisotopic (exact) mass is 303 g/mol. The molecule has 1 amide bonds. The number of carbonyl (C=O) groups excluding carboxylic acids is 1. The van der Waals surface area contributed by atoms with E-state index in [1.807, 2.05) is 25.7 Å². The molecule has 0 aliphatic carbocycles. The molecule has 4 heteroatoms. The summed E-state index contributed by atoms with van der Waals surface area (Å²) >= 11 is 0. The van der Waals surface area contributed by atoms with Crippen LogP contribution in [0.25, 0.3) is 0 Å². The highest BCUT2D eigenvalue weighted by molar-refractivity contribution is 5.68. The van der Waals surface area contributed by atoms with Crippen LogP contribution in [0.3, 0.4) is 0 Å². The summed E-state index contributed by atoms with van der Waals surface area (Å²) in [4.78, 5) is 15.7. The van der Waals surface area contributed by atoms with E-state index >= 15 is 0 Å². The van der Waals surface area contributed by atoms with Crippen LogP contribution in [0.1, 0.15) is 26.3 Å². The molecule has 3 rings (SSSR count). The second-order valence-corrected chi connectivity index (χ2v) is 7.73. The number of nitrogens with zero attached hydrogens (tertiary/aromatic N) is 1. The van der Waals surface area contributed by atoms with E-state index in [9.17, 15) is 4.79 Å². The summed E-state index contributed by atoms with van der Waals surface area (Å²) in [5.74, 6) is 1.26. The number of ether oxygens (including phenoxy) is 1. The van der Waals surface area contributed by atoms with Gasteiger partial charge in [-0.3, -0.25) is 0 Å². The van der Waals surface area contributed by atoms with Crippen molar-refractivity contribution < 1.29 is 14.4 Å². The average molecular weight is 303 g/mol. The lowest BCUT2D eigenvalue weighted by molar-refractivity contribution is -0.904. The lowest BCUT2D eigenvalue weighted by atomic mass is 10.0. The first-order valence-corrected chi connectivity index (χ1v) is 8.26. The van der Waals surface area contributed by atoms with Gasteiger partial charge >= 0.3 is 6.09 Å². The molecule has 0 bridgehead atoms. The number of hydrogen-bond donors (Lipinski definition) is 1. The Labute approximate surface area is 133 Å². The van der Waals surface area contributed by atoms with E-state index in [1.54, 1.807) is 4.90 Å². The van der Waals surface area contributed by atoms with E-state index in [1.165, 1.54) is 18.7 Å². The van der Waals surface area contributed by atoms with Gasteiger partial charge in [0.25, 0.3) is 0 Å². The summed E-state index contributed by atoms with van der Waals surface area (Å²) in [6.45, 7) is 10.9. The van der Waals surface area contributed by atoms with Crippen molar-refractivity contribution in [2.24, 2.45) is 11.8 Å². The van der Waals surface area contributed by atoms with Crippen LogP contribution in [0.2, 0.25) is 0 Å². The third kappa shape index (κ3) is 3.61. The van der Waals surface area contributed by atoms with Gasteiger partial charge in [-0.1, -0.05) is 30.3 Å². The summed E-state index contributed by atoms with van der Waals surface area (Å²) < 4.78 is 5.49. The van der Waals surface area contributed by atoms with Crippen LogP contribution in [0.5, 0.6) is 0 Å². The molecule has 2 aliphatic rings. The molecule has 120 valence electrons. The summed E-state index contributed by atoms with van der Waals surface area (Å²) in [5.41, 5.74) is 1.00. The molecule has 2 heterocycles. The normalized spacial score (nSPS) is 25.3. The maximum atomic E-state index is 12.2. The van der Waals surface area contributed by atoms with Gasteiger partial charge in [-0.15, -0.1) is 0 Å². The number of quaternary nitrogens is 1. The highest BCUT2D eigenvalue weighted by Crippen LogP contribution is 2.26. The SMILES string of the molecule is CC(C)(C)OC(=O)N1C[C@H]2C[NH+](Cc3ccccc3)C[C@@H]2C1. The van der Waals surface area contributed by atoms with Gasteiger partial charge in [-0.2, -0.15) is 0 Å². The van der Waals surface area contributed by atoms with E-state index in [2.05, 4.69) is 30.3 Å². The molecule has 1 N–H and O–H groups in total. The fourth-order valence-corrected chi connectivity index (χ4v) is 3.73. The fourth-order valence-electron chi connectivity index (χ4n) is 3.73. The zero-order chi connectivity index (χ0) is 15.7. The van der Waals surface area contributed by atoms with Crippen LogP contribution in [-0.2, 0) is 11.3 Å². The third-order valence-corrected chi connectivity index (χ3v) is 4.63. The molecule has 2 saturated heterocycles. The molecule has 22 heavy (non-hydrogen) atoms. The van der Waals surface area contributed by atoms with Crippen LogP contribution in [-0.4, -0.2) is 42.8 Å². The van der Waals surface area contributed by atoms with E-state index in [0.717, 1.165) is 19.6 Å². The highest BCUT2D eigenvalue weighted by atomic mass is 16.6. The van der Waals surface area contributed by atoms with Gasteiger partial charge in [0.05, 0.1) is 13.1 Å². The molecular weight excluding hydrogens is 276 g/mol. The lowest BCUT2D eigenvalue weighted by Gasteiger charge is -2.25. The number of benzene rings is 1. The van der Waals surface area contributed by atoms with Crippen LogP contribution in [0.15, 0.2) is 30.3 Å². The van der Waals surface area contributed by atoms with Gasteiger partial charge < -0.3 is 14.5 Å². The summed E-state index contributed by atoms with van der Waals surface area (Å²) in [6.07, 6.45) is -0.147. The first-order valence-electron chi connectivity index (χ1n) is 8.26. The molecule has 0 radical (unpaired) electrons. The third-order valence-electron chi connectivity index (χ3n) is 4.63. The molecule has 1 aromatic rings. The molecule has 0 unspecified atom stereocenters. The minimum absolute atomic E-state index is 0.147. The second kappa shape index (κ2) is 5.92. The van der Waals surface area contributed by atoms with Gasteiger partial charge in [-0.25, -0.2) is 4.79 Å². The topological polar surface area (TPSA) is 34.0 Å². The molecule has 2 atom stereocenters. The predicted molar refractivity (Wildman–Crippen MR) is 85.6 cm³/mol. The number of amides is 1. The molecule has 2 fully saturated rings. The predicted octanol–water partition coefficient (Wildman–Crippen LogP) is 1.57. The smallest absolute Gasteiger partial charge is 0.410 e. The Kier molecular flexibility index (Phi) is 4.13. The maximum absolute atomic E-state index is 12.2. The minimum Gasteiger partial charge on any atom is -0.444 e.